The molecule has 2 rings (SSSR count). The van der Waals surface area contributed by atoms with E-state index in [0.29, 0.717) is 5.56 Å². The number of carbonyl (C=O) groups is 2. The van der Waals surface area contributed by atoms with Crippen LogP contribution >= 0.6 is 15.9 Å². The van der Waals surface area contributed by atoms with E-state index in [4.69, 9.17) is 0 Å². The third-order valence-electron chi connectivity index (χ3n) is 3.44. The minimum atomic E-state index is -0.733. The van der Waals surface area contributed by atoms with Gasteiger partial charge < -0.3 is 10.6 Å². The van der Waals surface area contributed by atoms with Gasteiger partial charge in [0.05, 0.1) is 0 Å². The van der Waals surface area contributed by atoms with Crippen LogP contribution in [0, 0.1) is 5.82 Å². The molecule has 2 aromatic rings. The maximum absolute atomic E-state index is 13.6. The molecule has 2 N–H and O–H groups in total. The van der Waals surface area contributed by atoms with E-state index >= 15 is 0 Å². The van der Waals surface area contributed by atoms with Gasteiger partial charge in [-0.15, -0.1) is 0 Å². The number of carbonyl (C=O) groups excluding carboxylic acids is 2. The molecule has 0 saturated carbocycles. The highest BCUT2D eigenvalue weighted by atomic mass is 79.9. The second-order valence-electron chi connectivity index (χ2n) is 5.43. The molecule has 130 valence electrons. The first-order valence-electron chi connectivity index (χ1n) is 7.71. The summed E-state index contributed by atoms with van der Waals surface area (Å²) in [5.41, 5.74) is 1.25. The molecule has 0 aromatic heterocycles. The zero-order valence-corrected chi connectivity index (χ0v) is 15.2. The highest BCUT2D eigenvalue weighted by molar-refractivity contribution is 9.10. The fourth-order valence-corrected chi connectivity index (χ4v) is 2.49. The number of amides is 2. The smallest absolute Gasteiger partial charge is 0.244 e. The van der Waals surface area contributed by atoms with Gasteiger partial charge in [0.25, 0.3) is 0 Å². The average Bonchev–Trinajstić information content (AvgIpc) is 2.61. The van der Waals surface area contributed by atoms with E-state index in [1.54, 1.807) is 25.1 Å². The lowest BCUT2D eigenvalue weighted by atomic mass is 10.2. The first-order valence-corrected chi connectivity index (χ1v) is 8.50. The molecule has 1 atom stereocenters. The summed E-state index contributed by atoms with van der Waals surface area (Å²) in [7, 11) is 0. The lowest BCUT2D eigenvalue weighted by Gasteiger charge is -2.13. The molecule has 0 saturated heterocycles. The highest BCUT2D eigenvalue weighted by Crippen LogP contribution is 2.15. The van der Waals surface area contributed by atoms with Crippen molar-refractivity contribution < 1.29 is 14.0 Å². The Morgan fingerprint density at radius 1 is 1.20 bits per heavy atom. The maximum atomic E-state index is 13.6. The van der Waals surface area contributed by atoms with Gasteiger partial charge in [-0.1, -0.05) is 46.3 Å². The predicted molar refractivity (Wildman–Crippen MR) is 99.0 cm³/mol. The SMILES string of the molecule is CC(NC(=O)/C=C/c1ccccc1)C(=O)NCc1cc(Br)ccc1F. The quantitative estimate of drug-likeness (QED) is 0.724. The number of benzene rings is 2. The van der Waals surface area contributed by atoms with Crippen molar-refractivity contribution in [3.8, 4) is 0 Å². The maximum Gasteiger partial charge on any atom is 0.244 e. The molecule has 1 unspecified atom stereocenters. The first-order chi connectivity index (χ1) is 12.0. The normalized spacial score (nSPS) is 12.0. The lowest BCUT2D eigenvalue weighted by molar-refractivity contribution is -0.126. The summed E-state index contributed by atoms with van der Waals surface area (Å²) < 4.78 is 14.4. The minimum absolute atomic E-state index is 0.0458. The summed E-state index contributed by atoms with van der Waals surface area (Å²) in [6, 6.07) is 13.1. The molecule has 2 amide bonds. The van der Waals surface area contributed by atoms with E-state index in [-0.39, 0.29) is 18.4 Å². The van der Waals surface area contributed by atoms with E-state index < -0.39 is 11.9 Å². The van der Waals surface area contributed by atoms with Crippen LogP contribution in [0.1, 0.15) is 18.1 Å². The molecule has 25 heavy (non-hydrogen) atoms. The van der Waals surface area contributed by atoms with Crippen LogP contribution < -0.4 is 10.6 Å². The fraction of sp³-hybridized carbons (Fsp3) is 0.158. The summed E-state index contributed by atoms with van der Waals surface area (Å²) in [4.78, 5) is 23.9. The highest BCUT2D eigenvalue weighted by Gasteiger charge is 2.14. The third kappa shape index (κ3) is 6.15. The van der Waals surface area contributed by atoms with Crippen LogP contribution in [-0.2, 0) is 16.1 Å². The Kier molecular flexibility index (Phi) is 6.89. The van der Waals surface area contributed by atoms with E-state index in [1.807, 2.05) is 30.3 Å². The van der Waals surface area contributed by atoms with Crippen molar-refractivity contribution in [3.05, 3.63) is 76.0 Å². The van der Waals surface area contributed by atoms with Gasteiger partial charge in [-0.05, 0) is 36.8 Å². The molecule has 0 fully saturated rings. The van der Waals surface area contributed by atoms with Crippen LogP contribution in [0.15, 0.2) is 59.1 Å². The fourth-order valence-electron chi connectivity index (χ4n) is 2.08. The number of nitrogens with one attached hydrogen (secondary N) is 2. The van der Waals surface area contributed by atoms with E-state index in [0.717, 1.165) is 10.0 Å². The van der Waals surface area contributed by atoms with Gasteiger partial charge in [-0.2, -0.15) is 0 Å². The molecule has 4 nitrogen and oxygen atoms in total. The molecule has 0 aliphatic rings. The van der Waals surface area contributed by atoms with Gasteiger partial charge in [0, 0.05) is 22.7 Å². The van der Waals surface area contributed by atoms with E-state index in [1.165, 1.54) is 12.1 Å². The van der Waals surface area contributed by atoms with Gasteiger partial charge in [0.15, 0.2) is 0 Å². The van der Waals surface area contributed by atoms with Crippen LogP contribution in [0.25, 0.3) is 6.08 Å². The van der Waals surface area contributed by atoms with Crippen molar-refractivity contribution in [2.75, 3.05) is 0 Å². The van der Waals surface area contributed by atoms with Gasteiger partial charge >= 0.3 is 0 Å². The molecular formula is C19H18BrFN2O2. The van der Waals surface area contributed by atoms with E-state index in [2.05, 4.69) is 26.6 Å². The Balaban J connectivity index is 1.84. The topological polar surface area (TPSA) is 58.2 Å². The summed E-state index contributed by atoms with van der Waals surface area (Å²) in [5.74, 6) is -1.16. The van der Waals surface area contributed by atoms with Crippen molar-refractivity contribution in [1.29, 1.82) is 0 Å². The zero-order chi connectivity index (χ0) is 18.2. The number of halogens is 2. The van der Waals surface area contributed by atoms with Crippen molar-refractivity contribution in [1.82, 2.24) is 10.6 Å². The number of hydrogen-bond donors (Lipinski definition) is 2. The van der Waals surface area contributed by atoms with Gasteiger partial charge in [0.1, 0.15) is 11.9 Å². The molecular weight excluding hydrogens is 387 g/mol. The third-order valence-corrected chi connectivity index (χ3v) is 3.93. The van der Waals surface area contributed by atoms with Crippen molar-refractivity contribution >= 4 is 33.8 Å². The molecule has 0 spiro atoms. The Morgan fingerprint density at radius 2 is 1.92 bits per heavy atom. The zero-order valence-electron chi connectivity index (χ0n) is 13.6. The van der Waals surface area contributed by atoms with Crippen LogP contribution in [0.5, 0.6) is 0 Å². The van der Waals surface area contributed by atoms with Crippen LogP contribution in [-0.4, -0.2) is 17.9 Å². The van der Waals surface area contributed by atoms with E-state index in [9.17, 15) is 14.0 Å². The Bertz CT molecular complexity index is 778. The van der Waals surface area contributed by atoms with Crippen molar-refractivity contribution in [3.63, 3.8) is 0 Å². The second-order valence-corrected chi connectivity index (χ2v) is 6.34. The Hall–Kier alpha value is -2.47. The van der Waals surface area contributed by atoms with Crippen molar-refractivity contribution in [2.45, 2.75) is 19.5 Å². The summed E-state index contributed by atoms with van der Waals surface area (Å²) in [6.45, 7) is 1.62. The van der Waals surface area contributed by atoms with Gasteiger partial charge in [-0.25, -0.2) is 4.39 Å². The lowest BCUT2D eigenvalue weighted by Crippen LogP contribution is -2.44. The molecule has 0 radical (unpaired) electrons. The van der Waals surface area contributed by atoms with Gasteiger partial charge in [0.2, 0.25) is 11.8 Å². The second kappa shape index (κ2) is 9.13. The first kappa shape index (κ1) is 18.9. The molecule has 0 aliphatic heterocycles. The van der Waals surface area contributed by atoms with Crippen molar-refractivity contribution in [2.24, 2.45) is 0 Å². The number of hydrogen-bond acceptors (Lipinski definition) is 2. The summed E-state index contributed by atoms with van der Waals surface area (Å²) in [6.07, 6.45) is 3.03. The predicted octanol–water partition coefficient (Wildman–Crippen LogP) is 3.42. The molecule has 2 aromatic carbocycles. The molecule has 0 aliphatic carbocycles. The Morgan fingerprint density at radius 3 is 2.64 bits per heavy atom. The monoisotopic (exact) mass is 404 g/mol. The average molecular weight is 405 g/mol. The molecule has 6 heteroatoms. The minimum Gasteiger partial charge on any atom is -0.350 e. The molecule has 0 heterocycles. The summed E-state index contributed by atoms with van der Waals surface area (Å²) >= 11 is 3.26. The number of rotatable bonds is 6. The molecule has 0 bridgehead atoms. The summed E-state index contributed by atoms with van der Waals surface area (Å²) in [5, 5.41) is 5.18. The van der Waals surface area contributed by atoms with Crippen LogP contribution in [0.3, 0.4) is 0 Å². The van der Waals surface area contributed by atoms with Crippen LogP contribution in [0.2, 0.25) is 0 Å². The van der Waals surface area contributed by atoms with Crippen LogP contribution in [0.4, 0.5) is 4.39 Å². The van der Waals surface area contributed by atoms with Gasteiger partial charge in [-0.3, -0.25) is 9.59 Å². The Labute approximate surface area is 154 Å². The standard InChI is InChI=1S/C19H18BrFN2O2/c1-13(23-18(24)10-7-14-5-3-2-4-6-14)19(25)22-12-15-11-16(20)8-9-17(15)21/h2-11,13H,12H2,1H3,(H,22,25)(H,23,24)/b10-7+. The largest absolute Gasteiger partial charge is 0.350 e.